The first-order valence-corrected chi connectivity index (χ1v) is 9.30. The maximum Gasteiger partial charge on any atom is 0.303 e. The van der Waals surface area contributed by atoms with Crippen LogP contribution >= 0.6 is 0 Å². The van der Waals surface area contributed by atoms with Crippen molar-refractivity contribution in [2.45, 2.75) is 99.0 Å². The molecule has 1 rings (SSSR count). The van der Waals surface area contributed by atoms with E-state index in [1.54, 1.807) is 0 Å². The first kappa shape index (κ1) is 22.7. The maximum atomic E-state index is 10.2. The van der Waals surface area contributed by atoms with Gasteiger partial charge in [-0.25, -0.2) is 0 Å². The van der Waals surface area contributed by atoms with Gasteiger partial charge in [0.05, 0.1) is 5.69 Å². The lowest BCUT2D eigenvalue weighted by atomic mass is 9.90. The van der Waals surface area contributed by atoms with Crippen LogP contribution in [0.15, 0.2) is 6.07 Å². The number of hydrogen-bond donors (Lipinski definition) is 1. The fraction of sp³-hybridized carbons (Fsp3) is 0.800. The van der Waals surface area contributed by atoms with E-state index in [1.165, 1.54) is 50.4 Å². The van der Waals surface area contributed by atoms with E-state index < -0.39 is 0 Å². The minimum atomic E-state index is -0.328. The highest BCUT2D eigenvalue weighted by molar-refractivity contribution is 5.66. The molecule has 0 aliphatic rings. The van der Waals surface area contributed by atoms with Gasteiger partial charge in [0, 0.05) is 18.5 Å². The molecule has 140 valence electrons. The van der Waals surface area contributed by atoms with Gasteiger partial charge in [-0.1, -0.05) is 40.0 Å². The summed E-state index contributed by atoms with van der Waals surface area (Å²) in [5, 5.41) is 7.47. The number of hydrogen-bond acceptors (Lipinski definition) is 3. The van der Waals surface area contributed by atoms with Crippen molar-refractivity contribution < 1.29 is 9.53 Å². The van der Waals surface area contributed by atoms with Crippen LogP contribution in [-0.4, -0.2) is 21.8 Å². The number of rotatable bonds is 7. The number of nitrogens with zero attached hydrogens (tertiary/aromatic N) is 1. The summed E-state index contributed by atoms with van der Waals surface area (Å²) in [5.74, 6) is 1.28. The van der Waals surface area contributed by atoms with E-state index in [0.29, 0.717) is 5.92 Å². The van der Waals surface area contributed by atoms with Gasteiger partial charge in [0.25, 0.3) is 0 Å². The lowest BCUT2D eigenvalue weighted by molar-refractivity contribution is -0.151. The van der Waals surface area contributed by atoms with Crippen LogP contribution in [-0.2, 0) is 9.53 Å². The third-order valence-corrected chi connectivity index (χ3v) is 3.94. The molecule has 0 aliphatic carbocycles. The molecule has 1 N–H and O–H groups in total. The third kappa shape index (κ3) is 11.3. The minimum absolute atomic E-state index is 0.225. The SMILES string of the molecule is CC(=O)OC(C)(C)C.CCCC(CCC(C)CC)c1cc(C)[nH]n1. The molecule has 0 aromatic carbocycles. The van der Waals surface area contributed by atoms with Crippen LogP contribution in [0.2, 0.25) is 0 Å². The summed E-state index contributed by atoms with van der Waals surface area (Å²) in [7, 11) is 0. The zero-order valence-corrected chi connectivity index (χ0v) is 17.0. The average Bonchev–Trinajstić information content (AvgIpc) is 2.87. The predicted molar refractivity (Wildman–Crippen MR) is 101 cm³/mol. The van der Waals surface area contributed by atoms with E-state index in [1.807, 2.05) is 20.8 Å². The van der Waals surface area contributed by atoms with E-state index in [4.69, 9.17) is 4.74 Å². The highest BCUT2D eigenvalue weighted by atomic mass is 16.6. The molecule has 4 heteroatoms. The van der Waals surface area contributed by atoms with Crippen molar-refractivity contribution in [3.63, 3.8) is 0 Å². The van der Waals surface area contributed by atoms with Crippen LogP contribution in [0.5, 0.6) is 0 Å². The van der Waals surface area contributed by atoms with E-state index in [9.17, 15) is 4.79 Å². The normalized spacial score (nSPS) is 13.7. The Kier molecular flexibility index (Phi) is 10.7. The Morgan fingerprint density at radius 2 is 1.88 bits per heavy atom. The molecule has 24 heavy (non-hydrogen) atoms. The zero-order chi connectivity index (χ0) is 18.8. The van der Waals surface area contributed by atoms with Crippen molar-refractivity contribution in [3.8, 4) is 0 Å². The molecule has 0 amide bonds. The van der Waals surface area contributed by atoms with Crippen molar-refractivity contribution in [3.05, 3.63) is 17.5 Å². The highest BCUT2D eigenvalue weighted by Gasteiger charge is 2.14. The van der Waals surface area contributed by atoms with Gasteiger partial charge < -0.3 is 4.74 Å². The minimum Gasteiger partial charge on any atom is -0.460 e. The Bertz CT molecular complexity index is 460. The Balaban J connectivity index is 0.000000561. The average molecular weight is 339 g/mol. The van der Waals surface area contributed by atoms with E-state index in [-0.39, 0.29) is 11.6 Å². The largest absolute Gasteiger partial charge is 0.460 e. The van der Waals surface area contributed by atoms with Gasteiger partial charge in [-0.15, -0.1) is 0 Å². The van der Waals surface area contributed by atoms with Crippen LogP contribution in [0.1, 0.15) is 97.9 Å². The molecule has 2 atom stereocenters. The van der Waals surface area contributed by atoms with Gasteiger partial charge in [0.15, 0.2) is 0 Å². The Morgan fingerprint density at radius 3 is 2.21 bits per heavy atom. The molecule has 0 spiro atoms. The number of aryl methyl sites for hydroxylation is 1. The third-order valence-electron chi connectivity index (χ3n) is 3.94. The summed E-state index contributed by atoms with van der Waals surface area (Å²) in [4.78, 5) is 10.2. The molecule has 0 fully saturated rings. The van der Waals surface area contributed by atoms with Crippen molar-refractivity contribution in [1.82, 2.24) is 10.2 Å². The molecular weight excluding hydrogens is 300 g/mol. The highest BCUT2D eigenvalue weighted by Crippen LogP contribution is 2.27. The molecule has 2 unspecified atom stereocenters. The van der Waals surface area contributed by atoms with Crippen molar-refractivity contribution in [2.24, 2.45) is 5.92 Å². The lowest BCUT2D eigenvalue weighted by Crippen LogP contribution is -2.21. The van der Waals surface area contributed by atoms with Gasteiger partial charge in [0.1, 0.15) is 5.60 Å². The summed E-state index contributed by atoms with van der Waals surface area (Å²) < 4.78 is 4.80. The molecule has 0 saturated carbocycles. The van der Waals surface area contributed by atoms with Gasteiger partial charge in [-0.3, -0.25) is 9.89 Å². The molecule has 1 aromatic heterocycles. The smallest absolute Gasteiger partial charge is 0.303 e. The lowest BCUT2D eigenvalue weighted by Gasteiger charge is -2.17. The van der Waals surface area contributed by atoms with Crippen molar-refractivity contribution in [2.75, 3.05) is 0 Å². The number of carbonyl (C=O) groups excluding carboxylic acids is 1. The van der Waals surface area contributed by atoms with E-state index >= 15 is 0 Å². The monoisotopic (exact) mass is 338 g/mol. The number of aromatic amines is 1. The first-order valence-electron chi connectivity index (χ1n) is 9.30. The maximum absolute atomic E-state index is 10.2. The summed E-state index contributed by atoms with van der Waals surface area (Å²) >= 11 is 0. The predicted octanol–water partition coefficient (Wildman–Crippen LogP) is 5.78. The molecule has 0 radical (unpaired) electrons. The van der Waals surface area contributed by atoms with E-state index in [2.05, 4.69) is 44.0 Å². The van der Waals surface area contributed by atoms with Crippen LogP contribution < -0.4 is 0 Å². The van der Waals surface area contributed by atoms with Crippen LogP contribution in [0.4, 0.5) is 0 Å². The molecule has 0 bridgehead atoms. The number of esters is 1. The molecule has 1 aromatic rings. The van der Waals surface area contributed by atoms with Gasteiger partial charge in [-0.05, 0) is 52.5 Å². The van der Waals surface area contributed by atoms with Crippen LogP contribution in [0.3, 0.4) is 0 Å². The second-order valence-corrected chi connectivity index (χ2v) is 7.76. The van der Waals surface area contributed by atoms with Crippen molar-refractivity contribution >= 4 is 5.97 Å². The van der Waals surface area contributed by atoms with Crippen molar-refractivity contribution in [1.29, 1.82) is 0 Å². The summed E-state index contributed by atoms with van der Waals surface area (Å²) in [6.45, 7) is 15.9. The second-order valence-electron chi connectivity index (χ2n) is 7.76. The summed E-state index contributed by atoms with van der Waals surface area (Å²) in [5.41, 5.74) is 2.12. The van der Waals surface area contributed by atoms with Crippen LogP contribution in [0.25, 0.3) is 0 Å². The Hall–Kier alpha value is -1.32. The van der Waals surface area contributed by atoms with Gasteiger partial charge >= 0.3 is 5.97 Å². The number of nitrogens with one attached hydrogen (secondary N) is 1. The van der Waals surface area contributed by atoms with Crippen LogP contribution in [0, 0.1) is 12.8 Å². The molecule has 1 heterocycles. The first-order chi connectivity index (χ1) is 11.1. The molecule has 0 saturated heterocycles. The Labute approximate surface area is 148 Å². The standard InChI is InChI=1S/C14H26N2.C6H12O2/c1-5-7-13(9-8-11(3)6-2)14-10-12(4)15-16-14;1-5(7)8-6(2,3)4/h10-11,13H,5-9H2,1-4H3,(H,15,16);1-4H3. The Morgan fingerprint density at radius 1 is 1.25 bits per heavy atom. The number of H-pyrrole nitrogens is 1. The number of carbonyl (C=O) groups is 1. The fourth-order valence-electron chi connectivity index (χ4n) is 2.56. The van der Waals surface area contributed by atoms with Gasteiger partial charge in [-0.2, -0.15) is 5.10 Å². The van der Waals surface area contributed by atoms with Gasteiger partial charge in [0.2, 0.25) is 0 Å². The molecular formula is C20H38N2O2. The topological polar surface area (TPSA) is 55.0 Å². The zero-order valence-electron chi connectivity index (χ0n) is 17.0. The molecule has 4 nitrogen and oxygen atoms in total. The number of ether oxygens (including phenoxy) is 1. The van der Waals surface area contributed by atoms with E-state index in [0.717, 1.165) is 5.92 Å². The quantitative estimate of drug-likeness (QED) is 0.641. The summed E-state index contributed by atoms with van der Waals surface area (Å²) in [6, 6.07) is 2.21. The summed E-state index contributed by atoms with van der Waals surface area (Å²) in [6.07, 6.45) is 6.41. The fourth-order valence-corrected chi connectivity index (χ4v) is 2.56. The second kappa shape index (κ2) is 11.3. The molecule has 0 aliphatic heterocycles. The number of aromatic nitrogens is 2.